The summed E-state index contributed by atoms with van der Waals surface area (Å²) in [5, 5.41) is 21.2. The van der Waals surface area contributed by atoms with Crippen molar-refractivity contribution in [2.24, 2.45) is 5.92 Å². The van der Waals surface area contributed by atoms with Crippen molar-refractivity contribution in [3.63, 3.8) is 0 Å². The third-order valence-corrected chi connectivity index (χ3v) is 3.37. The van der Waals surface area contributed by atoms with E-state index < -0.39 is 23.8 Å². The first-order valence-corrected chi connectivity index (χ1v) is 6.79. The van der Waals surface area contributed by atoms with Gasteiger partial charge >= 0.3 is 5.97 Å². The molecule has 0 fully saturated rings. The minimum absolute atomic E-state index is 0.0440. The number of fused-ring (bicyclic) bond motifs is 1. The van der Waals surface area contributed by atoms with Crippen LogP contribution in [-0.2, 0) is 4.79 Å². The number of hydrogen-bond donors (Lipinski definition) is 2. The van der Waals surface area contributed by atoms with Crippen LogP contribution in [0.25, 0.3) is 10.9 Å². The summed E-state index contributed by atoms with van der Waals surface area (Å²) in [7, 11) is 0. The number of rotatable bonds is 5. The van der Waals surface area contributed by atoms with Crippen molar-refractivity contribution in [1.29, 1.82) is 5.26 Å². The quantitative estimate of drug-likeness (QED) is 0.878. The number of amides is 1. The standard InChI is InChI=1S/C16H15N3O3/c1-10(8-9-17)14(16(21)22)19-15(20)13-7-6-11-4-2-3-5-12(11)18-13/h2-7,10,14H,8H2,1H3,(H,19,20)(H,21,22)/t10-,14+/m1/s1. The van der Waals surface area contributed by atoms with Crippen LogP contribution in [0.15, 0.2) is 36.4 Å². The summed E-state index contributed by atoms with van der Waals surface area (Å²) in [5.74, 6) is -2.23. The van der Waals surface area contributed by atoms with E-state index in [9.17, 15) is 14.7 Å². The highest BCUT2D eigenvalue weighted by molar-refractivity contribution is 5.97. The number of nitrogens with one attached hydrogen (secondary N) is 1. The Morgan fingerprint density at radius 2 is 2.05 bits per heavy atom. The van der Waals surface area contributed by atoms with Gasteiger partial charge in [-0.3, -0.25) is 4.79 Å². The third-order valence-electron chi connectivity index (χ3n) is 3.37. The maximum absolute atomic E-state index is 12.2. The molecule has 2 rings (SSSR count). The highest BCUT2D eigenvalue weighted by Crippen LogP contribution is 2.13. The highest BCUT2D eigenvalue weighted by Gasteiger charge is 2.27. The third kappa shape index (κ3) is 3.38. The molecule has 1 aromatic carbocycles. The fourth-order valence-electron chi connectivity index (χ4n) is 2.12. The van der Waals surface area contributed by atoms with Crippen LogP contribution in [0.5, 0.6) is 0 Å². The summed E-state index contributed by atoms with van der Waals surface area (Å²) < 4.78 is 0. The van der Waals surface area contributed by atoms with Gasteiger partial charge in [-0.05, 0) is 12.1 Å². The Labute approximate surface area is 127 Å². The summed E-state index contributed by atoms with van der Waals surface area (Å²) in [6.45, 7) is 1.61. The molecule has 112 valence electrons. The van der Waals surface area contributed by atoms with Gasteiger partial charge in [-0.1, -0.05) is 31.2 Å². The Bertz CT molecular complexity index is 752. The van der Waals surface area contributed by atoms with Gasteiger partial charge < -0.3 is 10.4 Å². The van der Waals surface area contributed by atoms with E-state index in [1.165, 1.54) is 0 Å². The van der Waals surface area contributed by atoms with Crippen molar-refractivity contribution in [2.45, 2.75) is 19.4 Å². The first kappa shape index (κ1) is 15.4. The van der Waals surface area contributed by atoms with E-state index in [1.54, 1.807) is 25.1 Å². The lowest BCUT2D eigenvalue weighted by Gasteiger charge is -2.19. The van der Waals surface area contributed by atoms with Crippen LogP contribution >= 0.6 is 0 Å². The number of carbonyl (C=O) groups is 2. The van der Waals surface area contributed by atoms with E-state index in [2.05, 4.69) is 10.3 Å². The van der Waals surface area contributed by atoms with Crippen molar-refractivity contribution in [2.75, 3.05) is 0 Å². The van der Waals surface area contributed by atoms with Crippen molar-refractivity contribution in [1.82, 2.24) is 10.3 Å². The van der Waals surface area contributed by atoms with Gasteiger partial charge in [0.25, 0.3) is 5.91 Å². The molecule has 0 saturated carbocycles. The molecule has 0 radical (unpaired) electrons. The second-order valence-electron chi connectivity index (χ2n) is 5.02. The maximum Gasteiger partial charge on any atom is 0.326 e. The predicted octanol–water partition coefficient (Wildman–Crippen LogP) is 1.97. The monoisotopic (exact) mass is 297 g/mol. The number of carbonyl (C=O) groups excluding carboxylic acids is 1. The second kappa shape index (κ2) is 6.68. The predicted molar refractivity (Wildman–Crippen MR) is 80.0 cm³/mol. The Balaban J connectivity index is 2.21. The zero-order chi connectivity index (χ0) is 16.1. The average molecular weight is 297 g/mol. The number of aliphatic carboxylic acids is 1. The molecule has 0 aliphatic carbocycles. The number of nitrogens with zero attached hydrogens (tertiary/aromatic N) is 2. The van der Waals surface area contributed by atoms with Crippen molar-refractivity contribution in [3.05, 3.63) is 42.1 Å². The molecular weight excluding hydrogens is 282 g/mol. The number of pyridine rings is 1. The van der Waals surface area contributed by atoms with Gasteiger partial charge in [-0.25, -0.2) is 9.78 Å². The molecule has 2 aromatic rings. The van der Waals surface area contributed by atoms with E-state index in [1.807, 2.05) is 24.3 Å². The molecular formula is C16H15N3O3. The number of carboxylic acid groups (broad SMARTS) is 1. The number of nitriles is 1. The van der Waals surface area contributed by atoms with Crippen LogP contribution in [0.2, 0.25) is 0 Å². The second-order valence-corrected chi connectivity index (χ2v) is 5.02. The number of aromatic nitrogens is 1. The van der Waals surface area contributed by atoms with Crippen molar-refractivity contribution in [3.8, 4) is 6.07 Å². The molecule has 0 spiro atoms. The van der Waals surface area contributed by atoms with E-state index >= 15 is 0 Å². The molecule has 0 bridgehead atoms. The van der Waals surface area contributed by atoms with E-state index in [0.29, 0.717) is 5.52 Å². The van der Waals surface area contributed by atoms with Crippen molar-refractivity contribution < 1.29 is 14.7 Å². The minimum atomic E-state index is -1.17. The Morgan fingerprint density at radius 1 is 1.32 bits per heavy atom. The van der Waals surface area contributed by atoms with Crippen LogP contribution in [0, 0.1) is 17.2 Å². The minimum Gasteiger partial charge on any atom is -0.480 e. The molecule has 22 heavy (non-hydrogen) atoms. The number of benzene rings is 1. The highest BCUT2D eigenvalue weighted by atomic mass is 16.4. The molecule has 0 aliphatic heterocycles. The van der Waals surface area contributed by atoms with Gasteiger partial charge in [0.15, 0.2) is 0 Å². The van der Waals surface area contributed by atoms with Crippen LogP contribution in [-0.4, -0.2) is 28.0 Å². The molecule has 6 heteroatoms. The SMILES string of the molecule is C[C@H](CC#N)[C@H](NC(=O)c1ccc2ccccc2n1)C(=O)O. The lowest BCUT2D eigenvalue weighted by molar-refractivity contribution is -0.140. The summed E-state index contributed by atoms with van der Waals surface area (Å²) in [6.07, 6.45) is 0.0440. The van der Waals surface area contributed by atoms with Gasteiger partial charge in [0, 0.05) is 17.7 Å². The van der Waals surface area contributed by atoms with Gasteiger partial charge in [-0.2, -0.15) is 5.26 Å². The summed E-state index contributed by atoms with van der Waals surface area (Å²) >= 11 is 0. The normalized spacial score (nSPS) is 13.1. The van der Waals surface area contributed by atoms with Crippen molar-refractivity contribution >= 4 is 22.8 Å². The van der Waals surface area contributed by atoms with E-state index in [0.717, 1.165) is 5.39 Å². The molecule has 2 N–H and O–H groups in total. The Hall–Kier alpha value is -2.94. The van der Waals surface area contributed by atoms with Crippen LogP contribution in [0.4, 0.5) is 0 Å². The molecule has 0 aliphatic rings. The maximum atomic E-state index is 12.2. The van der Waals surface area contributed by atoms with Crippen LogP contribution < -0.4 is 5.32 Å². The van der Waals surface area contributed by atoms with E-state index in [4.69, 9.17) is 5.26 Å². The lowest BCUT2D eigenvalue weighted by atomic mass is 9.99. The smallest absolute Gasteiger partial charge is 0.326 e. The molecule has 6 nitrogen and oxygen atoms in total. The first-order chi connectivity index (χ1) is 10.5. The molecule has 0 unspecified atom stereocenters. The topological polar surface area (TPSA) is 103 Å². The largest absolute Gasteiger partial charge is 0.480 e. The van der Waals surface area contributed by atoms with Gasteiger partial charge in [0.2, 0.25) is 0 Å². The Kier molecular flexibility index (Phi) is 4.69. The van der Waals surface area contributed by atoms with Gasteiger partial charge in [-0.15, -0.1) is 0 Å². The molecule has 1 amide bonds. The molecule has 0 saturated heterocycles. The van der Waals surface area contributed by atoms with Crippen LogP contribution in [0.1, 0.15) is 23.8 Å². The number of hydrogen-bond acceptors (Lipinski definition) is 4. The van der Waals surface area contributed by atoms with Gasteiger partial charge in [0.1, 0.15) is 11.7 Å². The summed E-state index contributed by atoms with van der Waals surface area (Å²) in [4.78, 5) is 27.7. The lowest BCUT2D eigenvalue weighted by Crippen LogP contribution is -2.45. The first-order valence-electron chi connectivity index (χ1n) is 6.79. The van der Waals surface area contributed by atoms with E-state index in [-0.39, 0.29) is 12.1 Å². The zero-order valence-corrected chi connectivity index (χ0v) is 12.0. The fourth-order valence-corrected chi connectivity index (χ4v) is 2.12. The molecule has 1 aromatic heterocycles. The number of para-hydroxylation sites is 1. The molecule has 1 heterocycles. The zero-order valence-electron chi connectivity index (χ0n) is 12.0. The summed E-state index contributed by atoms with van der Waals surface area (Å²) in [5.41, 5.74) is 0.807. The fraction of sp³-hybridized carbons (Fsp3) is 0.250. The van der Waals surface area contributed by atoms with Gasteiger partial charge in [0.05, 0.1) is 11.6 Å². The Morgan fingerprint density at radius 3 is 2.73 bits per heavy atom. The number of carboxylic acids is 1. The molecule has 2 atom stereocenters. The average Bonchev–Trinajstić information content (AvgIpc) is 2.51. The summed E-state index contributed by atoms with van der Waals surface area (Å²) in [6, 6.07) is 11.4. The van der Waals surface area contributed by atoms with Crippen LogP contribution in [0.3, 0.4) is 0 Å².